The third kappa shape index (κ3) is 18.4. The van der Waals surface area contributed by atoms with Gasteiger partial charge in [-0.1, -0.05) is 26.2 Å². The Morgan fingerprint density at radius 2 is 1.67 bits per heavy atom. The van der Waals surface area contributed by atoms with Gasteiger partial charge < -0.3 is 0 Å². The van der Waals surface area contributed by atoms with Crippen molar-refractivity contribution < 1.29 is 36.4 Å². The molecule has 7 nitrogen and oxygen atoms in total. The number of ether oxygens (including phenoxy) is 1. The number of nitrogens with one attached hydrogen (secondary N) is 1. The molecule has 0 aliphatic carbocycles. The molecule has 33 heavy (non-hydrogen) atoms. The van der Waals surface area contributed by atoms with Gasteiger partial charge >= 0.3 is 189 Å². The van der Waals surface area contributed by atoms with Gasteiger partial charge in [-0.25, -0.2) is 0 Å². The second kappa shape index (κ2) is 22.9. The third-order valence-corrected chi connectivity index (χ3v) is 8.59. The van der Waals surface area contributed by atoms with Crippen LogP contribution in [0.5, 0.6) is 0 Å². The fourth-order valence-corrected chi connectivity index (χ4v) is 5.95. The van der Waals surface area contributed by atoms with E-state index in [0.717, 1.165) is 91.5 Å². The summed E-state index contributed by atoms with van der Waals surface area (Å²) in [7, 11) is 0. The van der Waals surface area contributed by atoms with Crippen molar-refractivity contribution in [3.05, 3.63) is 0 Å². The fraction of sp³-hybridized carbons (Fsp3) is 1.00. The van der Waals surface area contributed by atoms with Crippen molar-refractivity contribution >= 4 is 0 Å². The maximum atomic E-state index is 9.54. The Bertz CT molecular complexity index is 423. The number of β-amino-alcohol motifs (C(OH)–C–C–N with tert-alkyl or cyclic N) is 1. The van der Waals surface area contributed by atoms with Gasteiger partial charge in [-0.15, -0.1) is 0 Å². The molecule has 0 aromatic carbocycles. The van der Waals surface area contributed by atoms with E-state index in [4.69, 9.17) is 4.74 Å². The van der Waals surface area contributed by atoms with E-state index in [2.05, 4.69) is 32.1 Å². The van der Waals surface area contributed by atoms with E-state index in [9.17, 15) is 10.2 Å². The molecule has 1 aliphatic rings. The molecule has 0 aromatic rings. The van der Waals surface area contributed by atoms with Gasteiger partial charge in [-0.05, 0) is 0 Å². The minimum atomic E-state index is -0.300. The average Bonchev–Trinajstić information content (AvgIpc) is 2.81. The molecule has 0 amide bonds. The predicted octanol–water partition coefficient (Wildman–Crippen LogP) is -0.765. The van der Waals surface area contributed by atoms with Crippen LogP contribution in [0.2, 0.25) is 0 Å². The third-order valence-electron chi connectivity index (χ3n) is 6.36. The van der Waals surface area contributed by atoms with Gasteiger partial charge in [-0.3, -0.25) is 0 Å². The first-order valence-corrected chi connectivity index (χ1v) is 16.0. The zero-order chi connectivity index (χ0) is 24.0. The van der Waals surface area contributed by atoms with Crippen LogP contribution in [0.15, 0.2) is 0 Å². The van der Waals surface area contributed by atoms with Crippen molar-refractivity contribution in [2.75, 3.05) is 89.9 Å². The summed E-state index contributed by atoms with van der Waals surface area (Å²) in [5.74, 6) is 0.657. The maximum absolute atomic E-state index is 9.54. The fourth-order valence-electron chi connectivity index (χ4n) is 4.28. The molecule has 0 bridgehead atoms. The monoisotopic (exact) mass is 585 g/mol. The Morgan fingerprint density at radius 3 is 2.45 bits per heavy atom. The van der Waals surface area contributed by atoms with Crippen molar-refractivity contribution in [3.63, 3.8) is 0 Å². The van der Waals surface area contributed by atoms with Crippen LogP contribution in [0.3, 0.4) is 0 Å². The Morgan fingerprint density at radius 1 is 0.879 bits per heavy atom. The van der Waals surface area contributed by atoms with Crippen LogP contribution in [-0.4, -0.2) is 113 Å². The summed E-state index contributed by atoms with van der Waals surface area (Å²) >= 11 is -0.300. The number of hydrogen-bond acceptors (Lipinski definition) is 7. The molecule has 1 heterocycles. The molecule has 1 aliphatic heterocycles. The zero-order valence-electron chi connectivity index (χ0n) is 21.7. The summed E-state index contributed by atoms with van der Waals surface area (Å²) in [6.45, 7) is 16.5. The number of halogens is 1. The number of alkyl halides is 1. The number of aliphatic hydroxyl groups excluding tert-OH is 2. The van der Waals surface area contributed by atoms with Crippen LogP contribution in [0.1, 0.15) is 65.2 Å². The summed E-state index contributed by atoms with van der Waals surface area (Å²) in [5.41, 5.74) is 0. The van der Waals surface area contributed by atoms with Crippen molar-refractivity contribution in [3.8, 4) is 0 Å². The van der Waals surface area contributed by atoms with Crippen LogP contribution in [-0.2, 0) is 4.74 Å². The molecular weight excluding hydrogens is 531 g/mol. The molecule has 0 radical (unpaired) electrons. The van der Waals surface area contributed by atoms with Gasteiger partial charge in [0.05, 0.1) is 0 Å². The molecule has 0 aromatic heterocycles. The summed E-state index contributed by atoms with van der Waals surface area (Å²) in [6, 6.07) is 0. The van der Waals surface area contributed by atoms with E-state index in [0.29, 0.717) is 10.5 Å². The molecule has 1 fully saturated rings. The topological polar surface area (TPSA) is 71.4 Å². The van der Waals surface area contributed by atoms with Gasteiger partial charge in [-0.2, -0.15) is 0 Å². The number of unbranched alkanes of at least 4 members (excludes halogenated alkanes) is 4. The van der Waals surface area contributed by atoms with Gasteiger partial charge in [0.25, 0.3) is 0 Å². The molecule has 8 heteroatoms. The summed E-state index contributed by atoms with van der Waals surface area (Å²) in [6.07, 6.45) is 10.3. The number of hydrogen-bond donors (Lipinski definition) is 3. The van der Waals surface area contributed by atoms with E-state index in [1.54, 1.807) is 0 Å². The Hall–Kier alpha value is 0.450. The molecule has 1 rings (SSSR count). The van der Waals surface area contributed by atoms with Gasteiger partial charge in [0.15, 0.2) is 0 Å². The summed E-state index contributed by atoms with van der Waals surface area (Å²) in [5, 5.41) is 22.4. The molecule has 3 N–H and O–H groups in total. The van der Waals surface area contributed by atoms with Crippen LogP contribution >= 0.6 is 0 Å². The van der Waals surface area contributed by atoms with E-state index in [1.807, 2.05) is 0 Å². The van der Waals surface area contributed by atoms with E-state index in [-0.39, 0.29) is 28.1 Å². The second-order valence-electron chi connectivity index (χ2n) is 9.40. The van der Waals surface area contributed by atoms with Crippen molar-refractivity contribution in [1.29, 1.82) is 0 Å². The van der Waals surface area contributed by atoms with Crippen LogP contribution in [0.25, 0.3) is 0 Å². The molecule has 0 saturated carbocycles. The Labute approximate surface area is 215 Å². The Kier molecular flexibility index (Phi) is 21.8. The quantitative estimate of drug-likeness (QED) is 0.101. The zero-order valence-corrected chi connectivity index (χ0v) is 23.8. The van der Waals surface area contributed by atoms with E-state index < -0.39 is 0 Å². The summed E-state index contributed by atoms with van der Waals surface area (Å²) in [4.78, 5) is 4.90. The molecule has 0 spiro atoms. The second-order valence-corrected chi connectivity index (χ2v) is 12.1. The Balaban J connectivity index is 2.36. The van der Waals surface area contributed by atoms with Gasteiger partial charge in [0, 0.05) is 0 Å². The minimum absolute atomic E-state index is 0.224. The van der Waals surface area contributed by atoms with Crippen molar-refractivity contribution in [2.45, 2.75) is 65.2 Å². The van der Waals surface area contributed by atoms with Crippen molar-refractivity contribution in [2.24, 2.45) is 5.92 Å². The van der Waals surface area contributed by atoms with E-state index >= 15 is 0 Å². The van der Waals surface area contributed by atoms with Gasteiger partial charge in [0.1, 0.15) is 0 Å². The van der Waals surface area contributed by atoms with Crippen LogP contribution in [0, 0.1) is 5.92 Å². The molecule has 1 saturated heterocycles. The van der Waals surface area contributed by atoms with Crippen LogP contribution < -0.4 is 26.8 Å². The first-order valence-electron chi connectivity index (χ1n) is 13.5. The summed E-state index contributed by atoms with van der Waals surface area (Å²) < 4.78 is 8.88. The normalized spacial score (nSPS) is 20.1. The molecule has 200 valence electrons. The number of nitrogens with zero attached hydrogens (tertiary/aromatic N) is 3. The number of rotatable bonds is 15. The molecule has 1 atom stereocenters. The first-order chi connectivity index (χ1) is 16.2. The SMILES string of the molecule is CCCCCCCC(C)COCCN1CCCNCCN(CCO)CCCN([I-]CO)CC1. The molecular formula is C25H54IN4O3-. The van der Waals surface area contributed by atoms with Crippen molar-refractivity contribution in [1.82, 2.24) is 18.2 Å². The average molecular weight is 586 g/mol. The number of aliphatic hydroxyl groups is 2. The van der Waals surface area contributed by atoms with E-state index in [1.165, 1.54) is 38.5 Å². The molecule has 1 unspecified atom stereocenters. The predicted molar refractivity (Wildman–Crippen MR) is 134 cm³/mol. The van der Waals surface area contributed by atoms with Crippen LogP contribution in [0.4, 0.5) is 0 Å². The standard InChI is InChI=1S/C25H54IN4O3/c1-3-4-5-6-7-10-25(2)23-33-22-20-29-13-8-11-27-12-16-28(19-21-31)14-9-15-30(18-17-29)26-24-32/h25,27,31-32H,3-24H2,1-2H3/q-1. The first kappa shape index (κ1) is 31.5. The van der Waals surface area contributed by atoms with Gasteiger partial charge in [0.2, 0.25) is 0 Å².